The van der Waals surface area contributed by atoms with E-state index in [1.165, 1.54) is 16.8 Å². The lowest BCUT2D eigenvalue weighted by atomic mass is 10.1. The average molecular weight is 455 g/mol. The molecule has 34 heavy (non-hydrogen) atoms. The fourth-order valence-electron chi connectivity index (χ4n) is 4.61. The van der Waals surface area contributed by atoms with Crippen molar-refractivity contribution in [2.24, 2.45) is 0 Å². The van der Waals surface area contributed by atoms with Gasteiger partial charge in [-0.15, -0.1) is 0 Å². The fraction of sp³-hybridized carbons (Fsp3) is 0.296. The molecule has 1 amide bonds. The molecule has 1 fully saturated rings. The standard InChI is InChI=1S/C27H30N6O/c1-21-16-22(2)33(29-21)20-27(34)31-14-12-30(13-15-31)26-11-7-6-10-25(26)24-17-28-32(19-24)18-23-8-4-3-5-9-23/h3-11,16-17,19H,12-15,18,20H2,1-2H3. The summed E-state index contributed by atoms with van der Waals surface area (Å²) in [6.45, 7) is 8.02. The van der Waals surface area contributed by atoms with Gasteiger partial charge in [-0.25, -0.2) is 0 Å². The molecule has 0 radical (unpaired) electrons. The lowest BCUT2D eigenvalue weighted by molar-refractivity contribution is -0.132. The molecule has 2 aromatic carbocycles. The zero-order valence-electron chi connectivity index (χ0n) is 19.8. The first kappa shape index (κ1) is 21.9. The molecule has 4 aromatic rings. The van der Waals surface area contributed by atoms with Gasteiger partial charge in [-0.3, -0.25) is 14.2 Å². The van der Waals surface area contributed by atoms with Gasteiger partial charge in [-0.1, -0.05) is 48.5 Å². The Hall–Kier alpha value is -3.87. The third-order valence-corrected chi connectivity index (χ3v) is 6.40. The summed E-state index contributed by atoms with van der Waals surface area (Å²) < 4.78 is 3.78. The molecule has 0 spiro atoms. The van der Waals surface area contributed by atoms with Gasteiger partial charge in [0.15, 0.2) is 0 Å². The molecule has 2 aromatic heterocycles. The van der Waals surface area contributed by atoms with Crippen LogP contribution in [-0.4, -0.2) is 56.5 Å². The minimum atomic E-state index is 0.126. The van der Waals surface area contributed by atoms with Crippen LogP contribution >= 0.6 is 0 Å². The number of anilines is 1. The van der Waals surface area contributed by atoms with E-state index in [9.17, 15) is 4.79 Å². The van der Waals surface area contributed by atoms with Crippen LogP contribution in [-0.2, 0) is 17.9 Å². The first-order valence-corrected chi connectivity index (χ1v) is 11.8. The molecule has 7 heteroatoms. The monoisotopic (exact) mass is 454 g/mol. The van der Waals surface area contributed by atoms with Crippen LogP contribution < -0.4 is 4.90 Å². The minimum Gasteiger partial charge on any atom is -0.367 e. The molecule has 3 heterocycles. The molecule has 5 rings (SSSR count). The zero-order chi connectivity index (χ0) is 23.5. The molecular weight excluding hydrogens is 424 g/mol. The van der Waals surface area contributed by atoms with Crippen LogP contribution in [0.15, 0.2) is 73.1 Å². The molecular formula is C27H30N6O. The molecule has 0 bridgehead atoms. The average Bonchev–Trinajstić information content (AvgIpc) is 3.45. The van der Waals surface area contributed by atoms with E-state index in [0.717, 1.165) is 36.6 Å². The Morgan fingerprint density at radius 1 is 0.941 bits per heavy atom. The second-order valence-electron chi connectivity index (χ2n) is 8.88. The van der Waals surface area contributed by atoms with Gasteiger partial charge < -0.3 is 9.80 Å². The number of aromatic nitrogens is 4. The van der Waals surface area contributed by atoms with Gasteiger partial charge in [0.25, 0.3) is 0 Å². The number of benzene rings is 2. The maximum absolute atomic E-state index is 12.8. The summed E-state index contributed by atoms with van der Waals surface area (Å²) in [5.74, 6) is 0.126. The molecule has 0 atom stereocenters. The van der Waals surface area contributed by atoms with Crippen LogP contribution in [0.3, 0.4) is 0 Å². The summed E-state index contributed by atoms with van der Waals surface area (Å²) in [5, 5.41) is 9.03. The van der Waals surface area contributed by atoms with Crippen molar-refractivity contribution in [1.29, 1.82) is 0 Å². The SMILES string of the molecule is Cc1cc(C)n(CC(=O)N2CCN(c3ccccc3-c3cnn(Cc4ccccc4)c3)CC2)n1. The van der Waals surface area contributed by atoms with E-state index in [-0.39, 0.29) is 5.91 Å². The van der Waals surface area contributed by atoms with Crippen molar-refractivity contribution in [3.63, 3.8) is 0 Å². The fourth-order valence-corrected chi connectivity index (χ4v) is 4.61. The van der Waals surface area contributed by atoms with Gasteiger partial charge >= 0.3 is 0 Å². The maximum atomic E-state index is 12.8. The van der Waals surface area contributed by atoms with E-state index in [4.69, 9.17) is 0 Å². The van der Waals surface area contributed by atoms with Gasteiger partial charge in [0, 0.05) is 54.9 Å². The number of carbonyl (C=O) groups excluding carboxylic acids is 1. The lowest BCUT2D eigenvalue weighted by Crippen LogP contribution is -2.49. The molecule has 0 unspecified atom stereocenters. The van der Waals surface area contributed by atoms with E-state index < -0.39 is 0 Å². The molecule has 1 aliphatic heterocycles. The van der Waals surface area contributed by atoms with Crippen LogP contribution in [0.4, 0.5) is 5.69 Å². The summed E-state index contributed by atoms with van der Waals surface area (Å²) >= 11 is 0. The number of hydrogen-bond donors (Lipinski definition) is 0. The van der Waals surface area contributed by atoms with Crippen molar-refractivity contribution in [3.05, 3.63) is 90.0 Å². The number of para-hydroxylation sites is 1. The molecule has 0 N–H and O–H groups in total. The highest BCUT2D eigenvalue weighted by molar-refractivity contribution is 5.79. The van der Waals surface area contributed by atoms with Crippen molar-refractivity contribution in [2.75, 3.05) is 31.1 Å². The second-order valence-corrected chi connectivity index (χ2v) is 8.88. The van der Waals surface area contributed by atoms with E-state index in [1.54, 1.807) is 4.68 Å². The lowest BCUT2D eigenvalue weighted by Gasteiger charge is -2.37. The van der Waals surface area contributed by atoms with Gasteiger partial charge in [-0.2, -0.15) is 10.2 Å². The summed E-state index contributed by atoms with van der Waals surface area (Å²) in [4.78, 5) is 17.2. The predicted molar refractivity (Wildman–Crippen MR) is 134 cm³/mol. The smallest absolute Gasteiger partial charge is 0.244 e. The highest BCUT2D eigenvalue weighted by Gasteiger charge is 2.23. The first-order chi connectivity index (χ1) is 16.6. The van der Waals surface area contributed by atoms with Gasteiger partial charge in [0.05, 0.1) is 18.4 Å². The molecule has 174 valence electrons. The van der Waals surface area contributed by atoms with Crippen LogP contribution in [0, 0.1) is 13.8 Å². The molecule has 0 aliphatic carbocycles. The normalized spacial score (nSPS) is 13.9. The number of nitrogens with zero attached hydrogens (tertiary/aromatic N) is 6. The number of hydrogen-bond acceptors (Lipinski definition) is 4. The Kier molecular flexibility index (Phi) is 6.16. The Labute approximate surface area is 200 Å². The number of aryl methyl sites for hydroxylation is 2. The van der Waals surface area contributed by atoms with Gasteiger partial charge in [-0.05, 0) is 31.5 Å². The van der Waals surface area contributed by atoms with Gasteiger partial charge in [0.2, 0.25) is 5.91 Å². The van der Waals surface area contributed by atoms with E-state index in [1.807, 2.05) is 41.8 Å². The largest absolute Gasteiger partial charge is 0.367 e. The zero-order valence-corrected chi connectivity index (χ0v) is 19.8. The first-order valence-electron chi connectivity index (χ1n) is 11.8. The quantitative estimate of drug-likeness (QED) is 0.445. The molecule has 1 saturated heterocycles. The number of piperazine rings is 1. The van der Waals surface area contributed by atoms with Crippen molar-refractivity contribution in [2.45, 2.75) is 26.9 Å². The van der Waals surface area contributed by atoms with E-state index >= 15 is 0 Å². The van der Waals surface area contributed by atoms with Crippen molar-refractivity contribution >= 4 is 11.6 Å². The third kappa shape index (κ3) is 4.73. The van der Waals surface area contributed by atoms with Crippen molar-refractivity contribution in [3.8, 4) is 11.1 Å². The van der Waals surface area contributed by atoms with Crippen molar-refractivity contribution < 1.29 is 4.79 Å². The van der Waals surface area contributed by atoms with Crippen LogP contribution in [0.1, 0.15) is 17.0 Å². The van der Waals surface area contributed by atoms with Crippen LogP contribution in [0.5, 0.6) is 0 Å². The summed E-state index contributed by atoms with van der Waals surface area (Å²) in [6.07, 6.45) is 4.05. The van der Waals surface area contributed by atoms with Crippen LogP contribution in [0.25, 0.3) is 11.1 Å². The van der Waals surface area contributed by atoms with Crippen LogP contribution in [0.2, 0.25) is 0 Å². The minimum absolute atomic E-state index is 0.126. The number of carbonyl (C=O) groups is 1. The van der Waals surface area contributed by atoms with Crippen molar-refractivity contribution in [1.82, 2.24) is 24.5 Å². The van der Waals surface area contributed by atoms with E-state index in [2.05, 4.69) is 69.8 Å². The third-order valence-electron chi connectivity index (χ3n) is 6.40. The molecule has 1 aliphatic rings. The summed E-state index contributed by atoms with van der Waals surface area (Å²) in [6, 6.07) is 20.8. The summed E-state index contributed by atoms with van der Waals surface area (Å²) in [7, 11) is 0. The molecule has 7 nitrogen and oxygen atoms in total. The number of amides is 1. The predicted octanol–water partition coefficient (Wildman–Crippen LogP) is 3.76. The highest BCUT2D eigenvalue weighted by atomic mass is 16.2. The topological polar surface area (TPSA) is 59.2 Å². The van der Waals surface area contributed by atoms with E-state index in [0.29, 0.717) is 19.6 Å². The number of rotatable bonds is 6. The maximum Gasteiger partial charge on any atom is 0.244 e. The Bertz CT molecular complexity index is 1270. The Morgan fingerprint density at radius 3 is 2.41 bits per heavy atom. The second kappa shape index (κ2) is 9.55. The Balaban J connectivity index is 1.26. The molecule has 0 saturated carbocycles. The Morgan fingerprint density at radius 2 is 1.68 bits per heavy atom. The van der Waals surface area contributed by atoms with Gasteiger partial charge in [0.1, 0.15) is 6.54 Å². The highest BCUT2D eigenvalue weighted by Crippen LogP contribution is 2.31. The summed E-state index contributed by atoms with van der Waals surface area (Å²) in [5.41, 5.74) is 6.66.